The number of aromatic nitrogens is 5. The Morgan fingerprint density at radius 2 is 1.80 bits per heavy atom. The Bertz CT molecular complexity index is 1520. The molecule has 1 unspecified atom stereocenters. The third kappa shape index (κ3) is 4.45. The van der Waals surface area contributed by atoms with Crippen LogP contribution in [0.1, 0.15) is 17.3 Å². The highest BCUT2D eigenvalue weighted by molar-refractivity contribution is 7.99. The molecule has 0 saturated heterocycles. The monoisotopic (exact) mass is 482 g/mol. The number of hydrogen-bond donors (Lipinski definition) is 1. The van der Waals surface area contributed by atoms with Crippen molar-refractivity contribution < 1.29 is 4.79 Å². The summed E-state index contributed by atoms with van der Waals surface area (Å²) >= 11 is 1.26. The second kappa shape index (κ2) is 9.94. The van der Waals surface area contributed by atoms with Gasteiger partial charge in [-0.15, -0.1) is 16.8 Å². The lowest BCUT2D eigenvalue weighted by Crippen LogP contribution is -2.31. The van der Waals surface area contributed by atoms with Crippen LogP contribution in [0.3, 0.4) is 0 Å². The predicted molar refractivity (Wildman–Crippen MR) is 136 cm³/mol. The van der Waals surface area contributed by atoms with Crippen LogP contribution in [0.2, 0.25) is 0 Å². The van der Waals surface area contributed by atoms with Gasteiger partial charge in [0.15, 0.2) is 5.16 Å². The molecule has 5 aromatic rings. The summed E-state index contributed by atoms with van der Waals surface area (Å²) in [5.74, 6) is 0.355. The summed E-state index contributed by atoms with van der Waals surface area (Å²) in [6.45, 7) is 4.05. The standard InChI is InChI=1S/C26H22N6O2S/c1-2-16-31-24(34)19-12-6-7-14-21(19)32-25(31)29-30-26(32)35-17-22(33)28-23(18-10-4-3-5-11-18)20-13-8-9-15-27-20/h2-15,23H,1,16-17H2,(H,28,33). The molecule has 0 radical (unpaired) electrons. The van der Waals surface area contributed by atoms with Crippen LogP contribution in [0, 0.1) is 0 Å². The maximum Gasteiger partial charge on any atom is 0.263 e. The molecule has 1 N–H and O–H groups in total. The lowest BCUT2D eigenvalue weighted by molar-refractivity contribution is -0.119. The number of nitrogens with one attached hydrogen (secondary N) is 1. The van der Waals surface area contributed by atoms with Crippen LogP contribution >= 0.6 is 11.8 Å². The first-order valence-electron chi connectivity index (χ1n) is 11.0. The summed E-state index contributed by atoms with van der Waals surface area (Å²) in [6, 6.07) is 22.3. The molecule has 2 aromatic carbocycles. The van der Waals surface area contributed by atoms with Gasteiger partial charge in [0, 0.05) is 12.7 Å². The van der Waals surface area contributed by atoms with Crippen molar-refractivity contribution >= 4 is 34.3 Å². The molecule has 8 nitrogen and oxygen atoms in total. The molecule has 0 aliphatic heterocycles. The molecule has 0 aliphatic rings. The highest BCUT2D eigenvalue weighted by Crippen LogP contribution is 2.23. The molecule has 0 aliphatic carbocycles. The Balaban J connectivity index is 1.44. The van der Waals surface area contributed by atoms with E-state index in [1.54, 1.807) is 18.3 Å². The van der Waals surface area contributed by atoms with E-state index in [0.29, 0.717) is 28.4 Å². The average Bonchev–Trinajstić information content (AvgIpc) is 3.33. The molecule has 9 heteroatoms. The molecule has 174 valence electrons. The number of fused-ring (bicyclic) bond motifs is 3. The minimum atomic E-state index is -0.376. The Morgan fingerprint density at radius 3 is 2.57 bits per heavy atom. The maximum absolute atomic E-state index is 13.0. The van der Waals surface area contributed by atoms with Crippen molar-refractivity contribution in [2.75, 3.05) is 5.75 Å². The second-order valence-corrected chi connectivity index (χ2v) is 8.74. The van der Waals surface area contributed by atoms with Crippen molar-refractivity contribution in [2.24, 2.45) is 0 Å². The molecule has 1 amide bonds. The van der Waals surface area contributed by atoms with Gasteiger partial charge in [-0.05, 0) is 29.8 Å². The molecule has 1 atom stereocenters. The van der Waals surface area contributed by atoms with Crippen molar-refractivity contribution in [1.82, 2.24) is 29.5 Å². The average molecular weight is 483 g/mol. The van der Waals surface area contributed by atoms with E-state index in [1.807, 2.05) is 71.1 Å². The van der Waals surface area contributed by atoms with E-state index in [2.05, 4.69) is 27.1 Å². The lowest BCUT2D eigenvalue weighted by atomic mass is 10.0. The number of carbonyl (C=O) groups is 1. The summed E-state index contributed by atoms with van der Waals surface area (Å²) in [5, 5.41) is 12.7. The SMILES string of the molecule is C=CCn1c(=O)c2ccccc2n2c(SCC(=O)NC(c3ccccc3)c3ccccn3)nnc12. The number of rotatable bonds is 8. The summed E-state index contributed by atoms with van der Waals surface area (Å²) in [4.78, 5) is 30.4. The van der Waals surface area contributed by atoms with E-state index < -0.39 is 0 Å². The molecular weight excluding hydrogens is 460 g/mol. The van der Waals surface area contributed by atoms with E-state index in [0.717, 1.165) is 11.3 Å². The van der Waals surface area contributed by atoms with Gasteiger partial charge in [0.2, 0.25) is 11.7 Å². The summed E-state index contributed by atoms with van der Waals surface area (Å²) in [5.41, 5.74) is 2.23. The van der Waals surface area contributed by atoms with Crippen LogP contribution in [0.5, 0.6) is 0 Å². The quantitative estimate of drug-likeness (QED) is 0.268. The van der Waals surface area contributed by atoms with E-state index in [4.69, 9.17) is 0 Å². The van der Waals surface area contributed by atoms with Gasteiger partial charge in [-0.1, -0.05) is 66.4 Å². The zero-order valence-electron chi connectivity index (χ0n) is 18.7. The van der Waals surface area contributed by atoms with E-state index >= 15 is 0 Å². The van der Waals surface area contributed by atoms with Crippen molar-refractivity contribution in [2.45, 2.75) is 17.7 Å². The van der Waals surface area contributed by atoms with Crippen molar-refractivity contribution in [3.63, 3.8) is 0 Å². The number of allylic oxidation sites excluding steroid dienone is 1. The summed E-state index contributed by atoms with van der Waals surface area (Å²) in [6.07, 6.45) is 3.36. The molecule has 0 spiro atoms. The van der Waals surface area contributed by atoms with Gasteiger partial charge in [0.1, 0.15) is 0 Å². The van der Waals surface area contributed by atoms with Crippen LogP contribution in [0.25, 0.3) is 16.7 Å². The smallest absolute Gasteiger partial charge is 0.263 e. The highest BCUT2D eigenvalue weighted by atomic mass is 32.2. The molecule has 5 rings (SSSR count). The second-order valence-electron chi connectivity index (χ2n) is 7.79. The van der Waals surface area contributed by atoms with E-state index in [9.17, 15) is 9.59 Å². The van der Waals surface area contributed by atoms with Gasteiger partial charge in [0.05, 0.1) is 28.4 Å². The Labute approximate surface area is 205 Å². The molecular formula is C26H22N6O2S. The molecule has 3 aromatic heterocycles. The summed E-state index contributed by atoms with van der Waals surface area (Å²) in [7, 11) is 0. The first-order valence-corrected chi connectivity index (χ1v) is 12.0. The first kappa shape index (κ1) is 22.5. The summed E-state index contributed by atoms with van der Waals surface area (Å²) < 4.78 is 3.34. The largest absolute Gasteiger partial charge is 0.343 e. The number of para-hydroxylation sites is 1. The van der Waals surface area contributed by atoms with Gasteiger partial charge < -0.3 is 5.32 Å². The first-order chi connectivity index (χ1) is 17.2. The number of nitrogens with zero attached hydrogens (tertiary/aromatic N) is 5. The van der Waals surface area contributed by atoms with Crippen LogP contribution < -0.4 is 10.9 Å². The third-order valence-corrected chi connectivity index (χ3v) is 6.47. The fraction of sp³-hybridized carbons (Fsp3) is 0.115. The van der Waals surface area contributed by atoms with Gasteiger partial charge >= 0.3 is 0 Å². The van der Waals surface area contributed by atoms with Gasteiger partial charge in [-0.2, -0.15) is 0 Å². The number of thioether (sulfide) groups is 1. The molecule has 0 saturated carbocycles. The Morgan fingerprint density at radius 1 is 1.03 bits per heavy atom. The predicted octanol–water partition coefficient (Wildman–Crippen LogP) is 3.62. The molecule has 3 heterocycles. The van der Waals surface area contributed by atoms with Gasteiger partial charge in [-0.25, -0.2) is 0 Å². The fourth-order valence-electron chi connectivity index (χ4n) is 3.97. The van der Waals surface area contributed by atoms with E-state index in [-0.39, 0.29) is 23.3 Å². The van der Waals surface area contributed by atoms with Crippen molar-refractivity contribution in [1.29, 1.82) is 0 Å². The molecule has 0 fully saturated rings. The minimum absolute atomic E-state index is 0.117. The number of amides is 1. The van der Waals surface area contributed by atoms with Gasteiger partial charge in [0.25, 0.3) is 5.56 Å². The third-order valence-electron chi connectivity index (χ3n) is 5.54. The van der Waals surface area contributed by atoms with Crippen molar-refractivity contribution in [3.8, 4) is 0 Å². The zero-order chi connectivity index (χ0) is 24.2. The molecule has 35 heavy (non-hydrogen) atoms. The number of hydrogen-bond acceptors (Lipinski definition) is 6. The number of pyridine rings is 1. The normalized spacial score (nSPS) is 12.0. The maximum atomic E-state index is 13.0. The molecule has 0 bridgehead atoms. The van der Waals surface area contributed by atoms with Crippen LogP contribution in [0.4, 0.5) is 0 Å². The van der Waals surface area contributed by atoms with Gasteiger partial charge in [-0.3, -0.25) is 23.5 Å². The minimum Gasteiger partial charge on any atom is -0.343 e. The highest BCUT2D eigenvalue weighted by Gasteiger charge is 2.20. The zero-order valence-corrected chi connectivity index (χ0v) is 19.6. The Kier molecular flexibility index (Phi) is 6.40. The lowest BCUT2D eigenvalue weighted by Gasteiger charge is -2.18. The van der Waals surface area contributed by atoms with Crippen LogP contribution in [-0.2, 0) is 11.3 Å². The van der Waals surface area contributed by atoms with E-state index in [1.165, 1.54) is 16.3 Å². The topological polar surface area (TPSA) is 94.2 Å². The van der Waals surface area contributed by atoms with Crippen LogP contribution in [-0.4, -0.2) is 35.8 Å². The number of benzene rings is 2. The number of carbonyl (C=O) groups excluding carboxylic acids is 1. The van der Waals surface area contributed by atoms with Crippen molar-refractivity contribution in [3.05, 3.63) is 113 Å². The fourth-order valence-corrected chi connectivity index (χ4v) is 4.72. The Hall–Kier alpha value is -4.24. The van der Waals surface area contributed by atoms with Crippen LogP contribution in [0.15, 0.2) is 102 Å².